The highest BCUT2D eigenvalue weighted by atomic mass is 127. The van der Waals surface area contributed by atoms with E-state index in [0.29, 0.717) is 6.42 Å². The highest BCUT2D eigenvalue weighted by Crippen LogP contribution is 2.25. The summed E-state index contributed by atoms with van der Waals surface area (Å²) in [7, 11) is 0. The van der Waals surface area contributed by atoms with Crippen molar-refractivity contribution in [3.63, 3.8) is 0 Å². The van der Waals surface area contributed by atoms with Crippen LogP contribution in [-0.2, 0) is 4.79 Å². The lowest BCUT2D eigenvalue weighted by molar-refractivity contribution is -0.121. The number of anilines is 1. The van der Waals surface area contributed by atoms with Crippen LogP contribution in [0.1, 0.15) is 20.3 Å². The largest absolute Gasteiger partial charge is 0.392 e. The predicted octanol–water partition coefficient (Wildman–Crippen LogP) is 2.93. The summed E-state index contributed by atoms with van der Waals surface area (Å²) in [6.45, 7) is 3.66. The van der Waals surface area contributed by atoms with Crippen molar-refractivity contribution < 1.29 is 4.79 Å². The maximum Gasteiger partial charge on any atom is 0.237 e. The molecule has 1 aromatic carbocycles. The molecule has 3 nitrogen and oxygen atoms in total. The van der Waals surface area contributed by atoms with Crippen molar-refractivity contribution in [2.45, 2.75) is 20.3 Å². The van der Waals surface area contributed by atoms with Crippen molar-refractivity contribution in [1.29, 1.82) is 0 Å². The van der Waals surface area contributed by atoms with Crippen LogP contribution < -0.4 is 11.1 Å². The number of hydrogen-bond acceptors (Lipinski definition) is 2. The Labute approximate surface area is 120 Å². The summed E-state index contributed by atoms with van der Waals surface area (Å²) >= 11 is 7.14. The Kier molecular flexibility index (Phi) is 4.88. The van der Waals surface area contributed by atoms with Crippen molar-refractivity contribution in [2.75, 3.05) is 5.32 Å². The molecule has 3 N–H and O–H groups in total. The maximum atomic E-state index is 12.2. The first-order valence-corrected chi connectivity index (χ1v) is 6.76. The Bertz CT molecular complexity index is 450. The minimum atomic E-state index is -0.797. The molecule has 5 heteroatoms. The first-order valence-electron chi connectivity index (χ1n) is 5.27. The SMILES string of the molecule is CCC(C)(C(=O)Nc1ccccc1I)C(N)=S. The van der Waals surface area contributed by atoms with E-state index in [1.54, 1.807) is 6.92 Å². The van der Waals surface area contributed by atoms with Crippen LogP contribution in [0.15, 0.2) is 24.3 Å². The van der Waals surface area contributed by atoms with Crippen LogP contribution in [0.2, 0.25) is 0 Å². The average Bonchev–Trinajstić information content (AvgIpc) is 2.30. The van der Waals surface area contributed by atoms with E-state index in [9.17, 15) is 4.79 Å². The quantitative estimate of drug-likeness (QED) is 0.640. The number of benzene rings is 1. The number of thiocarbonyl (C=S) groups is 1. The van der Waals surface area contributed by atoms with E-state index in [1.165, 1.54) is 0 Å². The van der Waals surface area contributed by atoms with E-state index in [2.05, 4.69) is 27.9 Å². The Balaban J connectivity index is 2.93. The van der Waals surface area contributed by atoms with Gasteiger partial charge in [0.15, 0.2) is 0 Å². The molecular formula is C12H15IN2OS. The number of para-hydroxylation sites is 1. The third kappa shape index (κ3) is 3.16. The lowest BCUT2D eigenvalue weighted by atomic mass is 9.86. The van der Waals surface area contributed by atoms with E-state index < -0.39 is 5.41 Å². The van der Waals surface area contributed by atoms with Gasteiger partial charge in [0.25, 0.3) is 0 Å². The maximum absolute atomic E-state index is 12.2. The van der Waals surface area contributed by atoms with Gasteiger partial charge in [-0.2, -0.15) is 0 Å². The van der Waals surface area contributed by atoms with Gasteiger partial charge >= 0.3 is 0 Å². The van der Waals surface area contributed by atoms with Crippen LogP contribution in [-0.4, -0.2) is 10.9 Å². The first-order chi connectivity index (χ1) is 7.91. The second-order valence-corrected chi connectivity index (χ2v) is 5.59. The number of carbonyl (C=O) groups excluding carboxylic acids is 1. The molecule has 0 saturated carbocycles. The lowest BCUT2D eigenvalue weighted by Crippen LogP contribution is -2.43. The molecule has 0 aliphatic carbocycles. The van der Waals surface area contributed by atoms with Crippen LogP contribution in [0.25, 0.3) is 0 Å². The molecule has 0 fully saturated rings. The molecule has 0 aliphatic heterocycles. The number of rotatable bonds is 4. The van der Waals surface area contributed by atoms with E-state index >= 15 is 0 Å². The molecule has 1 rings (SSSR count). The van der Waals surface area contributed by atoms with Crippen LogP contribution >= 0.6 is 34.8 Å². The fourth-order valence-electron chi connectivity index (χ4n) is 1.27. The molecule has 1 aromatic rings. The number of hydrogen-bond donors (Lipinski definition) is 2. The molecule has 0 saturated heterocycles. The van der Waals surface area contributed by atoms with E-state index in [4.69, 9.17) is 18.0 Å². The van der Waals surface area contributed by atoms with Crippen LogP contribution in [0.4, 0.5) is 5.69 Å². The summed E-state index contributed by atoms with van der Waals surface area (Å²) in [4.78, 5) is 12.4. The number of nitrogens with two attached hydrogens (primary N) is 1. The number of halogens is 1. The Morgan fingerprint density at radius 1 is 1.53 bits per heavy atom. The average molecular weight is 362 g/mol. The smallest absolute Gasteiger partial charge is 0.237 e. The molecule has 0 aromatic heterocycles. The molecule has 0 bridgehead atoms. The first kappa shape index (κ1) is 14.4. The highest BCUT2D eigenvalue weighted by molar-refractivity contribution is 14.1. The van der Waals surface area contributed by atoms with Gasteiger partial charge in [0, 0.05) is 3.57 Å². The van der Waals surface area contributed by atoms with Gasteiger partial charge in [-0.1, -0.05) is 31.3 Å². The zero-order valence-corrected chi connectivity index (χ0v) is 12.8. The molecule has 0 radical (unpaired) electrons. The Morgan fingerprint density at radius 2 is 2.12 bits per heavy atom. The predicted molar refractivity (Wildman–Crippen MR) is 83.0 cm³/mol. The van der Waals surface area contributed by atoms with E-state index in [-0.39, 0.29) is 10.9 Å². The number of carbonyl (C=O) groups is 1. The Hall–Kier alpha value is -0.690. The molecular weight excluding hydrogens is 347 g/mol. The van der Waals surface area contributed by atoms with Crippen molar-refractivity contribution in [1.82, 2.24) is 0 Å². The fourth-order valence-corrected chi connectivity index (χ4v) is 2.03. The summed E-state index contributed by atoms with van der Waals surface area (Å²) in [6, 6.07) is 7.58. The topological polar surface area (TPSA) is 55.1 Å². The minimum absolute atomic E-state index is 0.156. The van der Waals surface area contributed by atoms with Crippen LogP contribution in [0.5, 0.6) is 0 Å². The summed E-state index contributed by atoms with van der Waals surface area (Å²) in [6.07, 6.45) is 0.581. The lowest BCUT2D eigenvalue weighted by Gasteiger charge is -2.25. The van der Waals surface area contributed by atoms with Gasteiger partial charge in [0.1, 0.15) is 0 Å². The van der Waals surface area contributed by atoms with E-state index in [1.807, 2.05) is 31.2 Å². The second-order valence-electron chi connectivity index (χ2n) is 3.98. The molecule has 92 valence electrons. The summed E-state index contributed by atoms with van der Waals surface area (Å²) in [5.41, 5.74) is 5.63. The van der Waals surface area contributed by atoms with Gasteiger partial charge in [0.2, 0.25) is 5.91 Å². The zero-order chi connectivity index (χ0) is 13.1. The van der Waals surface area contributed by atoms with Crippen LogP contribution in [0.3, 0.4) is 0 Å². The molecule has 17 heavy (non-hydrogen) atoms. The van der Waals surface area contributed by atoms with Gasteiger partial charge in [-0.3, -0.25) is 4.79 Å². The monoisotopic (exact) mass is 362 g/mol. The fraction of sp³-hybridized carbons (Fsp3) is 0.333. The molecule has 1 atom stereocenters. The summed E-state index contributed by atoms with van der Waals surface area (Å²) < 4.78 is 0.986. The van der Waals surface area contributed by atoms with Crippen molar-refractivity contribution in [2.24, 2.45) is 11.1 Å². The Morgan fingerprint density at radius 3 is 2.59 bits per heavy atom. The highest BCUT2D eigenvalue weighted by Gasteiger charge is 2.34. The molecule has 1 unspecified atom stereocenters. The van der Waals surface area contributed by atoms with Crippen molar-refractivity contribution >= 4 is 51.4 Å². The summed E-state index contributed by atoms with van der Waals surface area (Å²) in [5.74, 6) is -0.156. The van der Waals surface area contributed by atoms with Gasteiger partial charge in [-0.05, 0) is 48.1 Å². The molecule has 0 aliphatic rings. The van der Waals surface area contributed by atoms with Crippen LogP contribution in [0, 0.1) is 8.99 Å². The second kappa shape index (κ2) is 5.77. The van der Waals surface area contributed by atoms with Gasteiger partial charge in [0.05, 0.1) is 16.1 Å². The van der Waals surface area contributed by atoms with E-state index in [0.717, 1.165) is 9.26 Å². The normalized spacial score (nSPS) is 13.8. The zero-order valence-electron chi connectivity index (χ0n) is 9.79. The number of nitrogens with one attached hydrogen (secondary N) is 1. The van der Waals surface area contributed by atoms with Crippen molar-refractivity contribution in [3.05, 3.63) is 27.8 Å². The standard InChI is InChI=1S/C12H15IN2OS/c1-3-12(2,10(14)17)11(16)15-9-7-5-4-6-8(9)13/h4-7H,3H2,1-2H3,(H2,14,17)(H,15,16). The van der Waals surface area contributed by atoms with Crippen molar-refractivity contribution in [3.8, 4) is 0 Å². The van der Waals surface area contributed by atoms with Gasteiger partial charge < -0.3 is 11.1 Å². The third-order valence-electron chi connectivity index (χ3n) is 2.87. The van der Waals surface area contributed by atoms with Gasteiger partial charge in [-0.25, -0.2) is 0 Å². The minimum Gasteiger partial charge on any atom is -0.392 e. The van der Waals surface area contributed by atoms with Gasteiger partial charge in [-0.15, -0.1) is 0 Å². The summed E-state index contributed by atoms with van der Waals surface area (Å²) in [5, 5.41) is 2.87. The molecule has 1 amide bonds. The molecule has 0 heterocycles. The molecule has 0 spiro atoms. The third-order valence-corrected chi connectivity index (χ3v) is 4.27. The number of amides is 1.